The SMILES string of the molecule is c1cc(-c2ccc3ccccc3c2)cc(N(c2ccc(-c3ccc4ccccc4c3)cc2)c2cccc(-c3cccc4oc5c6ccccc6ccc5c34)c2)c1. The molecule has 2 nitrogen and oxygen atoms in total. The van der Waals surface area contributed by atoms with E-state index in [-0.39, 0.29) is 0 Å². The van der Waals surface area contributed by atoms with Crippen molar-refractivity contribution in [2.45, 2.75) is 0 Å². The van der Waals surface area contributed by atoms with Gasteiger partial charge in [-0.15, -0.1) is 0 Å². The van der Waals surface area contributed by atoms with E-state index in [1.54, 1.807) is 0 Å². The maximum Gasteiger partial charge on any atom is 0.143 e. The molecule has 2 heteroatoms. The third kappa shape index (κ3) is 5.51. The van der Waals surface area contributed by atoms with E-state index in [1.807, 2.05) is 0 Å². The summed E-state index contributed by atoms with van der Waals surface area (Å²) in [6.45, 7) is 0. The van der Waals surface area contributed by atoms with Crippen LogP contribution in [0.2, 0.25) is 0 Å². The molecule has 0 aliphatic rings. The van der Waals surface area contributed by atoms with Gasteiger partial charge in [-0.05, 0) is 121 Å². The zero-order chi connectivity index (χ0) is 37.0. The highest BCUT2D eigenvalue weighted by Gasteiger charge is 2.18. The minimum absolute atomic E-state index is 0.892. The summed E-state index contributed by atoms with van der Waals surface area (Å²) in [5.41, 5.74) is 12.1. The van der Waals surface area contributed by atoms with E-state index >= 15 is 0 Å². The van der Waals surface area contributed by atoms with Crippen molar-refractivity contribution in [1.29, 1.82) is 0 Å². The Morgan fingerprint density at radius 2 is 0.839 bits per heavy atom. The molecule has 0 spiro atoms. The number of anilines is 3. The summed E-state index contributed by atoms with van der Waals surface area (Å²) < 4.78 is 6.59. The summed E-state index contributed by atoms with van der Waals surface area (Å²) in [4.78, 5) is 2.37. The molecule has 11 rings (SSSR count). The standard InChI is InChI=1S/C54H35NO/c1-3-13-40-32-43(24-22-36(40)10-1)38-26-29-46(30-27-38)55(47-17-7-15-42(34-47)44-25-23-37-11-2-4-14-41(37)33-44)48-18-8-16-45(35-48)49-20-9-21-52-53(49)51-31-28-39-12-5-6-19-50(39)54(51)56-52/h1-35H. The second-order valence-electron chi connectivity index (χ2n) is 14.6. The fraction of sp³-hybridized carbons (Fsp3) is 0. The van der Waals surface area contributed by atoms with Gasteiger partial charge in [-0.25, -0.2) is 0 Å². The highest BCUT2D eigenvalue weighted by molar-refractivity contribution is 6.19. The van der Waals surface area contributed by atoms with Crippen molar-refractivity contribution in [1.82, 2.24) is 0 Å². The van der Waals surface area contributed by atoms with Crippen molar-refractivity contribution >= 4 is 71.3 Å². The van der Waals surface area contributed by atoms with Crippen LogP contribution in [0.4, 0.5) is 17.1 Å². The molecule has 0 saturated carbocycles. The number of rotatable bonds is 6. The Kier molecular flexibility index (Phi) is 7.53. The Morgan fingerprint density at radius 1 is 0.304 bits per heavy atom. The molecule has 0 fully saturated rings. The van der Waals surface area contributed by atoms with E-state index in [0.717, 1.165) is 55.5 Å². The predicted octanol–water partition coefficient (Wildman–Crippen LogP) is 15.5. The van der Waals surface area contributed by atoms with Crippen molar-refractivity contribution in [2.75, 3.05) is 4.90 Å². The summed E-state index contributed by atoms with van der Waals surface area (Å²) in [6, 6.07) is 76.6. The fourth-order valence-electron chi connectivity index (χ4n) is 8.42. The molecule has 0 bridgehead atoms. The monoisotopic (exact) mass is 713 g/mol. The van der Waals surface area contributed by atoms with Crippen LogP contribution in [-0.2, 0) is 0 Å². The second-order valence-corrected chi connectivity index (χ2v) is 14.6. The smallest absolute Gasteiger partial charge is 0.143 e. The van der Waals surface area contributed by atoms with Crippen molar-refractivity contribution < 1.29 is 4.42 Å². The fourth-order valence-corrected chi connectivity index (χ4v) is 8.42. The van der Waals surface area contributed by atoms with E-state index in [2.05, 4.69) is 217 Å². The molecule has 0 radical (unpaired) electrons. The zero-order valence-electron chi connectivity index (χ0n) is 30.6. The number of hydrogen-bond acceptors (Lipinski definition) is 2. The lowest BCUT2D eigenvalue weighted by molar-refractivity contribution is 0.673. The van der Waals surface area contributed by atoms with E-state index in [9.17, 15) is 0 Å². The normalized spacial score (nSPS) is 11.6. The molecule has 56 heavy (non-hydrogen) atoms. The number of benzene rings is 10. The van der Waals surface area contributed by atoms with Gasteiger partial charge in [0, 0.05) is 33.2 Å². The second kappa shape index (κ2) is 13.2. The lowest BCUT2D eigenvalue weighted by Gasteiger charge is -2.27. The minimum Gasteiger partial charge on any atom is -0.455 e. The predicted molar refractivity (Wildman–Crippen MR) is 237 cm³/mol. The summed E-state index contributed by atoms with van der Waals surface area (Å²) >= 11 is 0. The van der Waals surface area contributed by atoms with Crippen LogP contribution < -0.4 is 4.90 Å². The third-order valence-electron chi connectivity index (χ3n) is 11.2. The summed E-state index contributed by atoms with van der Waals surface area (Å²) in [7, 11) is 0. The highest BCUT2D eigenvalue weighted by Crippen LogP contribution is 2.43. The average molecular weight is 714 g/mol. The van der Waals surface area contributed by atoms with E-state index in [4.69, 9.17) is 4.42 Å². The number of hydrogen-bond donors (Lipinski definition) is 0. The largest absolute Gasteiger partial charge is 0.455 e. The van der Waals surface area contributed by atoms with Crippen LogP contribution in [0.15, 0.2) is 217 Å². The Morgan fingerprint density at radius 3 is 1.55 bits per heavy atom. The molecule has 11 aromatic rings. The Hall–Kier alpha value is -7.42. The van der Waals surface area contributed by atoms with Gasteiger partial charge in [-0.1, -0.05) is 152 Å². The molecular weight excluding hydrogens is 679 g/mol. The first-order valence-electron chi connectivity index (χ1n) is 19.2. The van der Waals surface area contributed by atoms with Gasteiger partial charge in [0.05, 0.1) is 0 Å². The molecule has 1 aromatic heterocycles. The van der Waals surface area contributed by atoms with Crippen molar-refractivity contribution in [3.05, 3.63) is 212 Å². The summed E-state index contributed by atoms with van der Waals surface area (Å²) in [5, 5.41) is 9.54. The molecular formula is C54H35NO. The summed E-state index contributed by atoms with van der Waals surface area (Å²) in [6.07, 6.45) is 0. The first kappa shape index (κ1) is 32.0. The molecule has 10 aromatic carbocycles. The van der Waals surface area contributed by atoms with Crippen LogP contribution in [0.3, 0.4) is 0 Å². The van der Waals surface area contributed by atoms with Crippen molar-refractivity contribution in [2.24, 2.45) is 0 Å². The van der Waals surface area contributed by atoms with Crippen LogP contribution in [0.25, 0.3) is 87.6 Å². The summed E-state index contributed by atoms with van der Waals surface area (Å²) in [5.74, 6) is 0. The van der Waals surface area contributed by atoms with Gasteiger partial charge >= 0.3 is 0 Å². The lowest BCUT2D eigenvalue weighted by atomic mass is 9.97. The Labute approximate surface area is 325 Å². The van der Waals surface area contributed by atoms with Gasteiger partial charge in [-0.2, -0.15) is 0 Å². The highest BCUT2D eigenvalue weighted by atomic mass is 16.3. The maximum atomic E-state index is 6.59. The first-order chi connectivity index (χ1) is 27.7. The number of furan rings is 1. The van der Waals surface area contributed by atoms with Gasteiger partial charge in [0.1, 0.15) is 11.2 Å². The van der Waals surface area contributed by atoms with E-state index in [0.29, 0.717) is 0 Å². The molecule has 0 saturated heterocycles. The average Bonchev–Trinajstić information content (AvgIpc) is 3.66. The van der Waals surface area contributed by atoms with E-state index in [1.165, 1.54) is 49.2 Å². The van der Waals surface area contributed by atoms with Gasteiger partial charge in [0.2, 0.25) is 0 Å². The Bertz CT molecular complexity index is 3260. The topological polar surface area (TPSA) is 16.4 Å². The molecule has 0 atom stereocenters. The molecule has 0 aliphatic carbocycles. The minimum atomic E-state index is 0.892. The first-order valence-corrected chi connectivity index (χ1v) is 19.2. The molecule has 0 aliphatic heterocycles. The molecule has 1 heterocycles. The quantitative estimate of drug-likeness (QED) is 0.171. The van der Waals surface area contributed by atoms with Crippen LogP contribution in [0.5, 0.6) is 0 Å². The molecule has 262 valence electrons. The molecule has 0 amide bonds. The van der Waals surface area contributed by atoms with Gasteiger partial charge in [0.25, 0.3) is 0 Å². The van der Waals surface area contributed by atoms with Crippen LogP contribution >= 0.6 is 0 Å². The maximum absolute atomic E-state index is 6.59. The van der Waals surface area contributed by atoms with Crippen LogP contribution in [0, 0.1) is 0 Å². The number of fused-ring (bicyclic) bond motifs is 7. The lowest BCUT2D eigenvalue weighted by Crippen LogP contribution is -2.10. The van der Waals surface area contributed by atoms with Gasteiger partial charge in [0.15, 0.2) is 0 Å². The van der Waals surface area contributed by atoms with Gasteiger partial charge in [-0.3, -0.25) is 0 Å². The van der Waals surface area contributed by atoms with E-state index < -0.39 is 0 Å². The van der Waals surface area contributed by atoms with Gasteiger partial charge < -0.3 is 9.32 Å². The van der Waals surface area contributed by atoms with Crippen LogP contribution in [0.1, 0.15) is 0 Å². The van der Waals surface area contributed by atoms with Crippen LogP contribution in [-0.4, -0.2) is 0 Å². The Balaban J connectivity index is 1.06. The van der Waals surface area contributed by atoms with Crippen molar-refractivity contribution in [3.8, 4) is 33.4 Å². The molecule has 0 unspecified atom stereocenters. The third-order valence-corrected chi connectivity index (χ3v) is 11.2. The zero-order valence-corrected chi connectivity index (χ0v) is 30.6. The van der Waals surface area contributed by atoms with Crippen molar-refractivity contribution in [3.63, 3.8) is 0 Å². The molecule has 0 N–H and O–H groups in total. The number of nitrogens with zero attached hydrogens (tertiary/aromatic N) is 1.